The van der Waals surface area contributed by atoms with Crippen LogP contribution in [-0.2, 0) is 10.2 Å². The maximum Gasteiger partial charge on any atom is 0.280 e. The molecule has 8 heteroatoms. The van der Waals surface area contributed by atoms with Crippen LogP contribution in [0.25, 0.3) is 5.65 Å². The summed E-state index contributed by atoms with van der Waals surface area (Å²) in [7, 11) is 0. The zero-order valence-corrected chi connectivity index (χ0v) is 14.6. The molecule has 3 aromatic rings. The Morgan fingerprint density at radius 1 is 1.19 bits per heavy atom. The molecule has 1 N–H and O–H groups in total. The molecule has 6 heterocycles. The first-order valence-electron chi connectivity index (χ1n) is 8.94. The maximum atomic E-state index is 12.8. The van der Waals surface area contributed by atoms with Gasteiger partial charge in [-0.2, -0.15) is 0 Å². The molecule has 138 valence electrons. The summed E-state index contributed by atoms with van der Waals surface area (Å²) in [6.07, 6.45) is 3.55. The summed E-state index contributed by atoms with van der Waals surface area (Å²) in [5.41, 5.74) is 6.84. The van der Waals surface area contributed by atoms with Crippen molar-refractivity contribution in [3.8, 4) is 0 Å². The number of nitrogens with one attached hydrogen (secondary N) is 1. The highest BCUT2D eigenvalue weighted by molar-refractivity contribution is 5.96. The SMILES string of the molecule is CC12CC(c3cn4cc5c(cc4n3)N5Nc3cccc(C(F)F)n3)(CO1)C2. The van der Waals surface area contributed by atoms with Gasteiger partial charge in [-0.25, -0.2) is 23.8 Å². The summed E-state index contributed by atoms with van der Waals surface area (Å²) in [5, 5.41) is 1.82. The number of fused-ring (bicyclic) bond motifs is 3. The normalized spacial score (nSPS) is 27.8. The van der Waals surface area contributed by atoms with E-state index < -0.39 is 6.43 Å². The topological polar surface area (TPSA) is 54.5 Å². The minimum Gasteiger partial charge on any atom is -0.374 e. The van der Waals surface area contributed by atoms with Crippen LogP contribution in [0, 0.1) is 0 Å². The number of imidazole rings is 1. The zero-order chi connectivity index (χ0) is 18.4. The highest BCUT2D eigenvalue weighted by Gasteiger charge is 2.61. The Kier molecular flexibility index (Phi) is 2.70. The number of ether oxygens (including phenoxy) is 1. The van der Waals surface area contributed by atoms with Gasteiger partial charge in [-0.15, -0.1) is 0 Å². The number of halogens is 2. The summed E-state index contributed by atoms with van der Waals surface area (Å²) >= 11 is 0. The number of pyridine rings is 2. The van der Waals surface area contributed by atoms with Crippen LogP contribution in [0.15, 0.2) is 36.7 Å². The van der Waals surface area contributed by atoms with E-state index in [9.17, 15) is 8.78 Å². The molecule has 4 aliphatic rings. The smallest absolute Gasteiger partial charge is 0.280 e. The fourth-order valence-corrected chi connectivity index (χ4v) is 4.60. The Bertz CT molecular complexity index is 1050. The van der Waals surface area contributed by atoms with Gasteiger partial charge >= 0.3 is 0 Å². The molecule has 0 amide bonds. The lowest BCUT2D eigenvalue weighted by molar-refractivity contribution is 0.0154. The molecule has 2 bridgehead atoms. The maximum absolute atomic E-state index is 12.8. The quantitative estimate of drug-likeness (QED) is 0.706. The van der Waals surface area contributed by atoms with E-state index in [1.165, 1.54) is 6.07 Å². The van der Waals surface area contributed by atoms with E-state index >= 15 is 0 Å². The lowest BCUT2D eigenvalue weighted by Crippen LogP contribution is -2.45. The van der Waals surface area contributed by atoms with E-state index in [0.29, 0.717) is 5.82 Å². The van der Waals surface area contributed by atoms with Crippen LogP contribution in [0.2, 0.25) is 0 Å². The van der Waals surface area contributed by atoms with E-state index in [4.69, 9.17) is 9.72 Å². The molecule has 7 rings (SSSR count). The van der Waals surface area contributed by atoms with Crippen LogP contribution >= 0.6 is 0 Å². The summed E-state index contributed by atoms with van der Waals surface area (Å²) < 4.78 is 33.5. The van der Waals surface area contributed by atoms with Gasteiger partial charge in [-0.3, -0.25) is 5.43 Å². The first kappa shape index (κ1) is 15.3. The van der Waals surface area contributed by atoms with Crippen molar-refractivity contribution in [2.45, 2.75) is 37.2 Å². The van der Waals surface area contributed by atoms with E-state index in [1.54, 1.807) is 12.1 Å². The van der Waals surface area contributed by atoms with Gasteiger partial charge in [0.15, 0.2) is 0 Å². The van der Waals surface area contributed by atoms with E-state index in [-0.39, 0.29) is 16.7 Å². The number of aromatic nitrogens is 3. The third kappa shape index (κ3) is 2.13. The van der Waals surface area contributed by atoms with Crippen LogP contribution in [0.5, 0.6) is 0 Å². The minimum absolute atomic E-state index is 0.0314. The van der Waals surface area contributed by atoms with Crippen molar-refractivity contribution in [3.63, 3.8) is 0 Å². The molecule has 0 unspecified atom stereocenters. The third-order valence-corrected chi connectivity index (χ3v) is 5.87. The van der Waals surface area contributed by atoms with Crippen LogP contribution in [0.3, 0.4) is 0 Å². The van der Waals surface area contributed by atoms with Crippen molar-refractivity contribution in [1.82, 2.24) is 14.4 Å². The Morgan fingerprint density at radius 3 is 2.78 bits per heavy atom. The van der Waals surface area contributed by atoms with E-state index in [0.717, 1.165) is 42.2 Å². The molecular formula is C19H17F2N5O. The summed E-state index contributed by atoms with van der Waals surface area (Å²) in [6, 6.07) is 6.55. The van der Waals surface area contributed by atoms with E-state index in [1.807, 2.05) is 21.7 Å². The second-order valence-corrected chi connectivity index (χ2v) is 8.00. The summed E-state index contributed by atoms with van der Waals surface area (Å²) in [6.45, 7) is 2.90. The van der Waals surface area contributed by atoms with Crippen molar-refractivity contribution >= 4 is 22.8 Å². The molecule has 27 heavy (non-hydrogen) atoms. The molecule has 0 spiro atoms. The zero-order valence-electron chi connectivity index (χ0n) is 14.6. The minimum atomic E-state index is -2.59. The van der Waals surface area contributed by atoms with Gasteiger partial charge in [0.1, 0.15) is 22.8 Å². The van der Waals surface area contributed by atoms with E-state index in [2.05, 4.69) is 23.5 Å². The Balaban J connectivity index is 1.26. The average molecular weight is 369 g/mol. The number of anilines is 3. The predicted molar refractivity (Wildman–Crippen MR) is 95.4 cm³/mol. The Hall–Kier alpha value is -2.74. The molecule has 0 radical (unpaired) electrons. The molecule has 0 atom stereocenters. The number of hydrogen-bond acceptors (Lipinski definition) is 5. The first-order valence-corrected chi connectivity index (χ1v) is 8.94. The number of nitrogens with zero attached hydrogens (tertiary/aromatic N) is 4. The van der Waals surface area contributed by atoms with Crippen LogP contribution in [0.4, 0.5) is 26.0 Å². The Morgan fingerprint density at radius 2 is 2.04 bits per heavy atom. The highest BCUT2D eigenvalue weighted by atomic mass is 19.3. The molecule has 1 aliphatic carbocycles. The van der Waals surface area contributed by atoms with Gasteiger partial charge in [-0.05, 0) is 31.9 Å². The van der Waals surface area contributed by atoms with Crippen molar-refractivity contribution in [1.29, 1.82) is 0 Å². The number of alkyl halides is 2. The standard InChI is InChI=1S/C19H17F2N5O/c1-18-8-19(9-18,10-27-18)14-7-25-6-13-12(5-16(25)23-14)26(13)24-15-4-2-3-11(22-15)17(20)21/h2-7,17H,8-10H2,1H3,(H,22,24). The molecule has 3 aromatic heterocycles. The van der Waals surface area contributed by atoms with Gasteiger partial charge in [0.25, 0.3) is 6.43 Å². The van der Waals surface area contributed by atoms with Crippen molar-refractivity contribution in [3.05, 3.63) is 48.0 Å². The molecule has 0 aromatic carbocycles. The molecule has 6 nitrogen and oxygen atoms in total. The first-order chi connectivity index (χ1) is 12.9. The molecule has 1 saturated carbocycles. The van der Waals surface area contributed by atoms with Gasteiger partial charge in [0.05, 0.1) is 23.6 Å². The fourth-order valence-electron chi connectivity index (χ4n) is 4.60. The number of rotatable bonds is 4. The lowest BCUT2D eigenvalue weighted by atomic mass is 9.62. The number of hydrogen-bond donors (Lipinski definition) is 1. The predicted octanol–water partition coefficient (Wildman–Crippen LogP) is 3.97. The van der Waals surface area contributed by atoms with Gasteiger partial charge in [0.2, 0.25) is 0 Å². The van der Waals surface area contributed by atoms with Gasteiger partial charge in [-0.1, -0.05) is 6.07 Å². The summed E-state index contributed by atoms with van der Waals surface area (Å²) in [4.78, 5) is 8.76. The van der Waals surface area contributed by atoms with Crippen molar-refractivity contribution < 1.29 is 13.5 Å². The molecular weight excluding hydrogens is 352 g/mol. The molecule has 3 aliphatic heterocycles. The number of hydrazine groups is 1. The van der Waals surface area contributed by atoms with Crippen molar-refractivity contribution in [2.24, 2.45) is 0 Å². The second-order valence-electron chi connectivity index (χ2n) is 8.00. The largest absolute Gasteiger partial charge is 0.374 e. The van der Waals surface area contributed by atoms with Crippen LogP contribution in [0.1, 0.15) is 37.6 Å². The molecule has 3 fully saturated rings. The van der Waals surface area contributed by atoms with Crippen LogP contribution in [-0.4, -0.2) is 26.6 Å². The monoisotopic (exact) mass is 369 g/mol. The fraction of sp³-hybridized carbons (Fsp3) is 0.368. The average Bonchev–Trinajstić information content (AvgIpc) is 2.96. The lowest BCUT2D eigenvalue weighted by Gasteiger charge is -2.41. The summed E-state index contributed by atoms with van der Waals surface area (Å²) in [5.74, 6) is 0.387. The second kappa shape index (κ2) is 4.75. The third-order valence-electron chi connectivity index (χ3n) is 5.87. The molecule has 2 saturated heterocycles. The van der Waals surface area contributed by atoms with Crippen molar-refractivity contribution in [2.75, 3.05) is 17.0 Å². The Labute approximate surface area is 153 Å². The van der Waals surface area contributed by atoms with Gasteiger partial charge < -0.3 is 9.14 Å². The van der Waals surface area contributed by atoms with Crippen LogP contribution < -0.4 is 10.4 Å². The van der Waals surface area contributed by atoms with Gasteiger partial charge in [0, 0.05) is 23.9 Å². The highest BCUT2D eigenvalue weighted by Crippen LogP contribution is 2.58.